The Hall–Kier alpha value is -2.29. The van der Waals surface area contributed by atoms with Crippen LogP contribution in [-0.2, 0) is 12.7 Å². The first-order valence-corrected chi connectivity index (χ1v) is 9.10. The monoisotopic (exact) mass is 444 g/mol. The van der Waals surface area contributed by atoms with Crippen LogP contribution in [0.2, 0.25) is 10.0 Å². The molecule has 0 aliphatic heterocycles. The van der Waals surface area contributed by atoms with Gasteiger partial charge in [0.25, 0.3) is 0 Å². The van der Waals surface area contributed by atoms with Crippen LogP contribution in [0.3, 0.4) is 0 Å². The molecule has 0 atom stereocenters. The van der Waals surface area contributed by atoms with Gasteiger partial charge in [-0.2, -0.15) is 18.3 Å². The molecule has 1 heterocycles. The first-order valence-electron chi connectivity index (χ1n) is 7.94. The van der Waals surface area contributed by atoms with E-state index in [0.717, 1.165) is 11.6 Å². The molecule has 2 aromatic carbocycles. The molecular weight excluding hydrogens is 432 g/mol. The molecule has 0 aliphatic carbocycles. The molecule has 0 fully saturated rings. The molecule has 0 spiro atoms. The van der Waals surface area contributed by atoms with Gasteiger partial charge in [0.15, 0.2) is 10.9 Å². The van der Waals surface area contributed by atoms with E-state index in [1.807, 2.05) is 6.07 Å². The Morgan fingerprint density at radius 1 is 1.04 bits per heavy atom. The zero-order valence-electron chi connectivity index (χ0n) is 14.1. The molecule has 1 aromatic heterocycles. The number of alkyl halides is 3. The van der Waals surface area contributed by atoms with E-state index in [-0.39, 0.29) is 10.8 Å². The highest BCUT2D eigenvalue weighted by molar-refractivity contribution is 7.80. The number of anilines is 2. The van der Waals surface area contributed by atoms with Gasteiger partial charge in [-0.3, -0.25) is 4.68 Å². The maximum Gasteiger partial charge on any atom is 0.418 e. The number of benzene rings is 2. The van der Waals surface area contributed by atoms with E-state index < -0.39 is 11.7 Å². The van der Waals surface area contributed by atoms with Crippen LogP contribution in [-0.4, -0.2) is 14.9 Å². The molecule has 10 heteroatoms. The van der Waals surface area contributed by atoms with Crippen molar-refractivity contribution in [2.45, 2.75) is 12.7 Å². The summed E-state index contributed by atoms with van der Waals surface area (Å²) in [6.45, 7) is 0.440. The number of aromatic nitrogens is 2. The van der Waals surface area contributed by atoms with E-state index in [1.54, 1.807) is 29.1 Å². The summed E-state index contributed by atoms with van der Waals surface area (Å²) in [5, 5.41) is 10.5. The van der Waals surface area contributed by atoms with Gasteiger partial charge in [0.1, 0.15) is 0 Å². The van der Waals surface area contributed by atoms with Gasteiger partial charge in [0.2, 0.25) is 0 Å². The Labute approximate surface area is 174 Å². The van der Waals surface area contributed by atoms with Crippen LogP contribution in [0.1, 0.15) is 11.1 Å². The summed E-state index contributed by atoms with van der Waals surface area (Å²) in [7, 11) is 0. The quantitative estimate of drug-likeness (QED) is 0.479. The second-order valence-electron chi connectivity index (χ2n) is 5.77. The molecule has 0 unspecified atom stereocenters. The fourth-order valence-corrected chi connectivity index (χ4v) is 2.99. The third-order valence-electron chi connectivity index (χ3n) is 3.69. The van der Waals surface area contributed by atoms with Gasteiger partial charge in [-0.15, -0.1) is 0 Å². The van der Waals surface area contributed by atoms with E-state index in [4.69, 9.17) is 35.4 Å². The van der Waals surface area contributed by atoms with Crippen LogP contribution >= 0.6 is 35.4 Å². The minimum absolute atomic E-state index is 0.00325. The minimum atomic E-state index is -4.49. The van der Waals surface area contributed by atoms with Gasteiger partial charge in [-0.05, 0) is 42.0 Å². The van der Waals surface area contributed by atoms with Gasteiger partial charge in [-0.1, -0.05) is 41.4 Å². The Balaban J connectivity index is 1.65. The first kappa shape index (κ1) is 20.4. The van der Waals surface area contributed by atoms with Crippen LogP contribution in [0.4, 0.5) is 24.7 Å². The summed E-state index contributed by atoms with van der Waals surface area (Å²) in [4.78, 5) is 0. The number of para-hydroxylation sites is 1. The fraction of sp³-hybridized carbons (Fsp3) is 0.111. The zero-order valence-corrected chi connectivity index (χ0v) is 16.4. The van der Waals surface area contributed by atoms with Crippen molar-refractivity contribution in [3.05, 3.63) is 75.9 Å². The molecule has 28 heavy (non-hydrogen) atoms. The Bertz CT molecular complexity index is 1000. The topological polar surface area (TPSA) is 41.9 Å². The second kappa shape index (κ2) is 8.38. The van der Waals surface area contributed by atoms with Gasteiger partial charge >= 0.3 is 6.18 Å². The van der Waals surface area contributed by atoms with Crippen molar-refractivity contribution in [1.82, 2.24) is 9.78 Å². The van der Waals surface area contributed by atoms with Gasteiger partial charge < -0.3 is 10.6 Å². The summed E-state index contributed by atoms with van der Waals surface area (Å²) >= 11 is 17.0. The standard InChI is InChI=1S/C18H13Cl2F3N4S/c19-13-6-5-11(9-14(13)20)10-27-8-7-16(26-27)25-17(28)24-15-4-2-1-3-12(15)18(21,22)23/h1-9H,10H2,(H2,24,25,26,28). The second-order valence-corrected chi connectivity index (χ2v) is 6.99. The fourth-order valence-electron chi connectivity index (χ4n) is 2.45. The van der Waals surface area contributed by atoms with Crippen LogP contribution in [0.5, 0.6) is 0 Å². The van der Waals surface area contributed by atoms with E-state index in [0.29, 0.717) is 22.4 Å². The number of nitrogens with one attached hydrogen (secondary N) is 2. The Morgan fingerprint density at radius 2 is 1.79 bits per heavy atom. The SMILES string of the molecule is FC(F)(F)c1ccccc1NC(=S)Nc1ccn(Cc2ccc(Cl)c(Cl)c2)n1. The van der Waals surface area contributed by atoms with Crippen molar-refractivity contribution in [2.75, 3.05) is 10.6 Å². The molecule has 0 radical (unpaired) electrons. The van der Waals surface area contributed by atoms with Crippen molar-refractivity contribution in [3.8, 4) is 0 Å². The molecule has 0 bridgehead atoms. The lowest BCUT2D eigenvalue weighted by atomic mass is 10.2. The molecule has 0 amide bonds. The lowest BCUT2D eigenvalue weighted by Crippen LogP contribution is -2.22. The molecular formula is C18H13Cl2F3N4S. The molecule has 0 saturated heterocycles. The Kier molecular flexibility index (Phi) is 6.12. The molecule has 4 nitrogen and oxygen atoms in total. The van der Waals surface area contributed by atoms with Crippen molar-refractivity contribution >= 4 is 52.0 Å². The molecule has 3 rings (SSSR count). The molecule has 0 saturated carbocycles. The highest BCUT2D eigenvalue weighted by Gasteiger charge is 2.33. The normalized spacial score (nSPS) is 11.3. The molecule has 3 aromatic rings. The smallest absolute Gasteiger partial charge is 0.332 e. The van der Waals surface area contributed by atoms with Crippen LogP contribution in [0.15, 0.2) is 54.7 Å². The highest BCUT2D eigenvalue weighted by Crippen LogP contribution is 2.34. The lowest BCUT2D eigenvalue weighted by molar-refractivity contribution is -0.136. The highest BCUT2D eigenvalue weighted by atomic mass is 35.5. The minimum Gasteiger partial charge on any atom is -0.332 e. The van der Waals surface area contributed by atoms with Crippen LogP contribution < -0.4 is 10.6 Å². The van der Waals surface area contributed by atoms with E-state index >= 15 is 0 Å². The van der Waals surface area contributed by atoms with Crippen molar-refractivity contribution in [3.63, 3.8) is 0 Å². The predicted octanol–water partition coefficient (Wildman–Crippen LogP) is 6.07. The summed E-state index contributed by atoms with van der Waals surface area (Å²) in [5.41, 5.74) is -0.0455. The predicted molar refractivity (Wildman–Crippen MR) is 109 cm³/mol. The number of hydrogen-bond acceptors (Lipinski definition) is 2. The number of hydrogen-bond donors (Lipinski definition) is 2. The summed E-state index contributed by atoms with van der Waals surface area (Å²) in [6, 6.07) is 12.0. The Morgan fingerprint density at radius 3 is 2.50 bits per heavy atom. The third kappa shape index (κ3) is 5.15. The van der Waals surface area contributed by atoms with E-state index in [1.165, 1.54) is 18.2 Å². The van der Waals surface area contributed by atoms with Crippen molar-refractivity contribution < 1.29 is 13.2 Å². The molecule has 0 aliphatic rings. The average Bonchev–Trinajstić information content (AvgIpc) is 3.04. The van der Waals surface area contributed by atoms with E-state index in [2.05, 4.69) is 15.7 Å². The van der Waals surface area contributed by atoms with E-state index in [9.17, 15) is 13.2 Å². The van der Waals surface area contributed by atoms with Crippen molar-refractivity contribution in [1.29, 1.82) is 0 Å². The summed E-state index contributed by atoms with van der Waals surface area (Å²) in [5.74, 6) is 0.391. The maximum absolute atomic E-state index is 13.1. The number of halogens is 5. The lowest BCUT2D eigenvalue weighted by Gasteiger charge is -2.15. The van der Waals surface area contributed by atoms with Gasteiger partial charge in [0.05, 0.1) is 27.8 Å². The molecule has 2 N–H and O–H groups in total. The number of thiocarbonyl (C=S) groups is 1. The third-order valence-corrected chi connectivity index (χ3v) is 4.63. The van der Waals surface area contributed by atoms with Crippen LogP contribution in [0.25, 0.3) is 0 Å². The average molecular weight is 445 g/mol. The summed E-state index contributed by atoms with van der Waals surface area (Å²) in [6.07, 6.45) is -2.78. The zero-order chi connectivity index (χ0) is 20.3. The van der Waals surface area contributed by atoms with Gasteiger partial charge in [0, 0.05) is 12.3 Å². The number of nitrogens with zero attached hydrogens (tertiary/aromatic N) is 2. The summed E-state index contributed by atoms with van der Waals surface area (Å²) < 4.78 is 40.8. The van der Waals surface area contributed by atoms with Gasteiger partial charge in [-0.25, -0.2) is 0 Å². The first-order chi connectivity index (χ1) is 13.2. The van der Waals surface area contributed by atoms with Crippen LogP contribution in [0, 0.1) is 0 Å². The van der Waals surface area contributed by atoms with Crippen molar-refractivity contribution in [2.24, 2.45) is 0 Å². The largest absolute Gasteiger partial charge is 0.418 e. The number of rotatable bonds is 4. The molecule has 146 valence electrons. The maximum atomic E-state index is 13.1.